The molecule has 8 heteroatoms. The van der Waals surface area contributed by atoms with E-state index in [0.29, 0.717) is 0 Å². The molecule has 0 spiro atoms. The second kappa shape index (κ2) is 6.82. The van der Waals surface area contributed by atoms with Crippen LogP contribution in [0.15, 0.2) is 37.2 Å². The summed E-state index contributed by atoms with van der Waals surface area (Å²) in [5.41, 5.74) is 4.05. The molecule has 1 atom stereocenters. The molecule has 0 aromatic carbocycles. The number of nitrogens with one attached hydrogen (secondary N) is 2. The summed E-state index contributed by atoms with van der Waals surface area (Å²) >= 11 is 0. The Morgan fingerprint density at radius 1 is 1.36 bits per heavy atom. The highest BCUT2D eigenvalue weighted by molar-refractivity contribution is 6.45. The lowest BCUT2D eigenvalue weighted by Gasteiger charge is -2.35. The second-order valence-electron chi connectivity index (χ2n) is 6.51. The van der Waals surface area contributed by atoms with Gasteiger partial charge in [-0.15, -0.1) is 0 Å². The number of piperidine rings is 1. The van der Waals surface area contributed by atoms with Gasteiger partial charge in [0.05, 0.1) is 5.39 Å². The first-order valence-corrected chi connectivity index (χ1v) is 8.63. The van der Waals surface area contributed by atoms with Crippen LogP contribution >= 0.6 is 0 Å². The van der Waals surface area contributed by atoms with Crippen LogP contribution in [0.5, 0.6) is 0 Å². The minimum Gasteiger partial charge on any atom is -0.437 e. The molecule has 4 heterocycles. The maximum Gasteiger partial charge on any atom is 0.373 e. The fraction of sp³-hybridized carbons (Fsp3) is 0.353. The van der Waals surface area contributed by atoms with Gasteiger partial charge < -0.3 is 20.1 Å². The number of hydrogen-bond donors (Lipinski definition) is 3. The van der Waals surface area contributed by atoms with E-state index in [2.05, 4.69) is 36.1 Å². The monoisotopic (exact) mass is 336 g/mol. The summed E-state index contributed by atoms with van der Waals surface area (Å²) in [5.74, 6) is 0. The van der Waals surface area contributed by atoms with Crippen molar-refractivity contribution in [1.82, 2.24) is 25.2 Å². The maximum absolute atomic E-state index is 9.63. The van der Waals surface area contributed by atoms with Crippen LogP contribution in [0.4, 0.5) is 5.69 Å². The zero-order valence-corrected chi connectivity index (χ0v) is 14.2. The maximum atomic E-state index is 9.63. The van der Waals surface area contributed by atoms with Crippen molar-refractivity contribution in [1.29, 1.82) is 0 Å². The third-order valence-electron chi connectivity index (χ3n) is 4.66. The molecule has 0 saturated carbocycles. The Balaban J connectivity index is 1.73. The van der Waals surface area contributed by atoms with E-state index >= 15 is 0 Å². The zero-order chi connectivity index (χ0) is 17.2. The van der Waals surface area contributed by atoms with Gasteiger partial charge in [-0.3, -0.25) is 0 Å². The lowest BCUT2D eigenvalue weighted by atomic mass is 9.85. The molecule has 0 aliphatic carbocycles. The molecular weight excluding hydrogens is 315 g/mol. The molecule has 3 aromatic rings. The Morgan fingerprint density at radius 3 is 3.00 bits per heavy atom. The van der Waals surface area contributed by atoms with E-state index in [1.807, 2.05) is 24.8 Å². The van der Waals surface area contributed by atoms with Gasteiger partial charge in [0.25, 0.3) is 0 Å². The van der Waals surface area contributed by atoms with Crippen molar-refractivity contribution in [2.24, 2.45) is 0 Å². The van der Waals surface area contributed by atoms with E-state index in [9.17, 15) is 5.02 Å². The summed E-state index contributed by atoms with van der Waals surface area (Å²) in [5, 5.41) is 14.0. The van der Waals surface area contributed by atoms with Gasteiger partial charge in [0, 0.05) is 60.7 Å². The molecule has 1 fully saturated rings. The van der Waals surface area contributed by atoms with E-state index < -0.39 is 7.05 Å². The van der Waals surface area contributed by atoms with Gasteiger partial charge in [0.2, 0.25) is 0 Å². The van der Waals surface area contributed by atoms with Crippen LogP contribution in [-0.4, -0.2) is 51.1 Å². The summed E-state index contributed by atoms with van der Waals surface area (Å²) < 4.78 is 0. The van der Waals surface area contributed by atoms with Gasteiger partial charge in [0.1, 0.15) is 12.0 Å². The topological polar surface area (TPSA) is 90.0 Å². The minimum absolute atomic E-state index is 0.277. The van der Waals surface area contributed by atoms with Gasteiger partial charge >= 0.3 is 7.05 Å². The summed E-state index contributed by atoms with van der Waals surface area (Å²) in [4.78, 5) is 18.4. The van der Waals surface area contributed by atoms with Crippen LogP contribution in [0.2, 0.25) is 6.82 Å². The van der Waals surface area contributed by atoms with Crippen LogP contribution in [0.1, 0.15) is 12.8 Å². The van der Waals surface area contributed by atoms with Crippen molar-refractivity contribution in [3.05, 3.63) is 37.2 Å². The van der Waals surface area contributed by atoms with Crippen LogP contribution in [0, 0.1) is 0 Å². The Hall–Kier alpha value is -2.45. The number of pyridine rings is 1. The van der Waals surface area contributed by atoms with Crippen molar-refractivity contribution >= 4 is 23.8 Å². The Labute approximate surface area is 146 Å². The van der Waals surface area contributed by atoms with E-state index in [0.717, 1.165) is 53.8 Å². The Bertz CT molecular complexity index is 853. The van der Waals surface area contributed by atoms with Crippen molar-refractivity contribution in [2.45, 2.75) is 25.7 Å². The third-order valence-corrected chi connectivity index (χ3v) is 4.66. The molecule has 0 radical (unpaired) electrons. The lowest BCUT2D eigenvalue weighted by molar-refractivity contribution is 0.447. The van der Waals surface area contributed by atoms with Crippen LogP contribution in [0.25, 0.3) is 22.2 Å². The number of fused-ring (bicyclic) bond motifs is 1. The van der Waals surface area contributed by atoms with E-state index in [1.54, 1.807) is 6.82 Å². The number of aromatic nitrogens is 4. The quantitative estimate of drug-likeness (QED) is 0.628. The minimum atomic E-state index is -0.494. The molecule has 1 aliphatic heterocycles. The number of nitrogens with zero attached hydrogens (tertiary/aromatic N) is 4. The first kappa shape index (κ1) is 16.0. The number of rotatable bonds is 4. The van der Waals surface area contributed by atoms with Gasteiger partial charge in [0.15, 0.2) is 0 Å². The molecule has 128 valence electrons. The fourth-order valence-corrected chi connectivity index (χ4v) is 3.64. The second-order valence-corrected chi connectivity index (χ2v) is 6.51. The van der Waals surface area contributed by atoms with Crippen LogP contribution in [0.3, 0.4) is 0 Å². The summed E-state index contributed by atoms with van der Waals surface area (Å²) in [6.07, 6.45) is 11.1. The average Bonchev–Trinajstić information content (AvgIpc) is 3.06. The van der Waals surface area contributed by atoms with E-state index in [-0.39, 0.29) is 6.04 Å². The first-order chi connectivity index (χ1) is 12.2. The zero-order valence-electron chi connectivity index (χ0n) is 14.2. The third kappa shape index (κ3) is 3.23. The highest BCUT2D eigenvalue weighted by atomic mass is 16.2. The first-order valence-electron chi connectivity index (χ1n) is 8.63. The fourth-order valence-electron chi connectivity index (χ4n) is 3.64. The average molecular weight is 336 g/mol. The van der Waals surface area contributed by atoms with E-state index in [1.165, 1.54) is 6.33 Å². The van der Waals surface area contributed by atoms with Crippen LogP contribution in [-0.2, 0) is 0 Å². The molecule has 25 heavy (non-hydrogen) atoms. The Kier molecular flexibility index (Phi) is 4.37. The highest BCUT2D eigenvalue weighted by Crippen LogP contribution is 2.35. The molecule has 7 nitrogen and oxygen atoms in total. The highest BCUT2D eigenvalue weighted by Gasteiger charge is 2.24. The predicted molar refractivity (Wildman–Crippen MR) is 99.3 cm³/mol. The number of anilines is 1. The van der Waals surface area contributed by atoms with Crippen LogP contribution < -0.4 is 10.1 Å². The number of hydrogen-bond acceptors (Lipinski definition) is 6. The molecule has 0 amide bonds. The molecule has 3 N–H and O–H groups in total. The van der Waals surface area contributed by atoms with Gasteiger partial charge in [-0.25, -0.2) is 15.0 Å². The van der Waals surface area contributed by atoms with Crippen molar-refractivity contribution < 1.29 is 5.02 Å². The standard InChI is InChI=1S/C17H21BN6O/c1-18(25)23-13-3-2-6-24(10-13)15-4-5-21-17-16(15)14(9-22-17)12-7-19-11-20-8-12/h4-5,7-9,11,13,23,25H,2-3,6,10H2,1H3,(H,21,22). The molecule has 1 unspecified atom stereocenters. The van der Waals surface area contributed by atoms with Gasteiger partial charge in [-0.05, 0) is 25.7 Å². The molecule has 0 bridgehead atoms. The van der Waals surface area contributed by atoms with Gasteiger partial charge in [-0.2, -0.15) is 0 Å². The SMILES string of the molecule is CB(O)NC1CCCN(c2ccnc3[nH]cc(-c4cncnc4)c23)C1. The molecule has 1 aliphatic rings. The normalized spacial score (nSPS) is 17.8. The smallest absolute Gasteiger partial charge is 0.373 e. The van der Waals surface area contributed by atoms with E-state index in [4.69, 9.17) is 0 Å². The van der Waals surface area contributed by atoms with Crippen molar-refractivity contribution in [2.75, 3.05) is 18.0 Å². The van der Waals surface area contributed by atoms with Crippen molar-refractivity contribution in [3.63, 3.8) is 0 Å². The number of aromatic amines is 1. The summed E-state index contributed by atoms with van der Waals surface area (Å²) in [6, 6.07) is 2.34. The summed E-state index contributed by atoms with van der Waals surface area (Å²) in [6.45, 7) is 3.62. The number of H-pyrrole nitrogens is 1. The summed E-state index contributed by atoms with van der Waals surface area (Å²) in [7, 11) is -0.494. The molecule has 4 rings (SSSR count). The lowest BCUT2D eigenvalue weighted by Crippen LogP contribution is -2.50. The van der Waals surface area contributed by atoms with Gasteiger partial charge in [-0.1, -0.05) is 0 Å². The Morgan fingerprint density at radius 2 is 2.20 bits per heavy atom. The molecular formula is C17H21BN6O. The molecule has 1 saturated heterocycles. The predicted octanol–water partition coefficient (Wildman–Crippen LogP) is 1.69. The largest absolute Gasteiger partial charge is 0.437 e. The van der Waals surface area contributed by atoms with Crippen molar-refractivity contribution in [3.8, 4) is 11.1 Å². The molecule has 3 aromatic heterocycles.